The Kier molecular flexibility index (Phi) is 4.27. The van der Waals surface area contributed by atoms with Gasteiger partial charge in [0.05, 0.1) is 0 Å². The number of hydrogen-bond donors (Lipinski definition) is 0. The number of rotatable bonds is 2. The van der Waals surface area contributed by atoms with Crippen LogP contribution in [0.1, 0.15) is 5.56 Å². The van der Waals surface area contributed by atoms with Crippen LogP contribution in [0.4, 0.5) is 4.39 Å². The van der Waals surface area contributed by atoms with Gasteiger partial charge in [-0.2, -0.15) is 10.5 Å². The molecule has 0 fully saturated rings. The van der Waals surface area contributed by atoms with E-state index in [9.17, 15) is 4.39 Å². The molecule has 0 heterocycles. The van der Waals surface area contributed by atoms with Gasteiger partial charge < -0.3 is 0 Å². The second-order valence-corrected chi connectivity index (χ2v) is 3.23. The van der Waals surface area contributed by atoms with Crippen LogP contribution in [0, 0.1) is 28.5 Å². The van der Waals surface area contributed by atoms with Crippen molar-refractivity contribution in [3.05, 3.63) is 53.4 Å². The van der Waals surface area contributed by atoms with E-state index in [0.717, 1.165) is 0 Å². The van der Waals surface area contributed by atoms with E-state index in [0.29, 0.717) is 10.6 Å². The first-order valence-corrected chi connectivity index (χ1v) is 4.69. The van der Waals surface area contributed by atoms with E-state index in [1.165, 1.54) is 36.4 Å². The molecule has 0 bridgehead atoms. The molecule has 0 saturated carbocycles. The summed E-state index contributed by atoms with van der Waals surface area (Å²) in [5, 5.41) is 17.3. The number of halogens is 2. The van der Waals surface area contributed by atoms with E-state index < -0.39 is 0 Å². The van der Waals surface area contributed by atoms with Gasteiger partial charge in [-0.05, 0) is 29.8 Å². The van der Waals surface area contributed by atoms with Crippen LogP contribution < -0.4 is 0 Å². The molecule has 0 radical (unpaired) electrons. The maximum absolute atomic E-state index is 12.6. The van der Waals surface area contributed by atoms with E-state index in [-0.39, 0.29) is 11.4 Å². The first-order chi connectivity index (χ1) is 7.67. The SMILES string of the molecule is N#CC(C#N)=CC=C(Cl)c1ccc(F)cc1. The van der Waals surface area contributed by atoms with Crippen LogP contribution in [-0.2, 0) is 0 Å². The summed E-state index contributed by atoms with van der Waals surface area (Å²) >= 11 is 5.89. The number of hydrogen-bond acceptors (Lipinski definition) is 2. The average molecular weight is 233 g/mol. The zero-order valence-electron chi connectivity index (χ0n) is 8.11. The minimum atomic E-state index is -0.349. The highest BCUT2D eigenvalue weighted by Gasteiger charge is 1.97. The summed E-state index contributed by atoms with van der Waals surface area (Å²) in [6.07, 6.45) is 2.74. The van der Waals surface area contributed by atoms with Crippen molar-refractivity contribution in [1.82, 2.24) is 0 Å². The predicted molar refractivity (Wildman–Crippen MR) is 59.5 cm³/mol. The van der Waals surface area contributed by atoms with Gasteiger partial charge in [-0.1, -0.05) is 23.7 Å². The second-order valence-electron chi connectivity index (χ2n) is 2.83. The first-order valence-electron chi connectivity index (χ1n) is 4.31. The zero-order chi connectivity index (χ0) is 12.0. The number of allylic oxidation sites excluding steroid dienone is 3. The lowest BCUT2D eigenvalue weighted by atomic mass is 10.2. The molecule has 0 spiro atoms. The summed E-state index contributed by atoms with van der Waals surface area (Å²) in [5.74, 6) is -0.349. The van der Waals surface area contributed by atoms with Gasteiger partial charge >= 0.3 is 0 Å². The second kappa shape index (κ2) is 5.70. The molecule has 0 N–H and O–H groups in total. The van der Waals surface area contributed by atoms with Gasteiger partial charge in [-0.15, -0.1) is 0 Å². The van der Waals surface area contributed by atoms with E-state index in [4.69, 9.17) is 22.1 Å². The van der Waals surface area contributed by atoms with Gasteiger partial charge in [0.1, 0.15) is 23.5 Å². The van der Waals surface area contributed by atoms with Crippen molar-refractivity contribution >= 4 is 16.6 Å². The van der Waals surface area contributed by atoms with Crippen molar-refractivity contribution in [3.63, 3.8) is 0 Å². The van der Waals surface area contributed by atoms with Crippen molar-refractivity contribution in [3.8, 4) is 12.1 Å². The fraction of sp³-hybridized carbons (Fsp3) is 0. The Balaban J connectivity index is 2.96. The molecule has 16 heavy (non-hydrogen) atoms. The van der Waals surface area contributed by atoms with Crippen molar-refractivity contribution in [1.29, 1.82) is 10.5 Å². The minimum Gasteiger partial charge on any atom is -0.207 e. The zero-order valence-corrected chi connectivity index (χ0v) is 8.87. The number of benzene rings is 1. The number of nitrogens with zero attached hydrogens (tertiary/aromatic N) is 2. The normalized spacial score (nSPS) is 10.1. The Morgan fingerprint density at radius 2 is 1.69 bits per heavy atom. The van der Waals surface area contributed by atoms with Gasteiger partial charge in [0.15, 0.2) is 0 Å². The van der Waals surface area contributed by atoms with E-state index in [2.05, 4.69) is 0 Å². The van der Waals surface area contributed by atoms with E-state index in [1.807, 2.05) is 0 Å². The fourth-order valence-electron chi connectivity index (χ4n) is 0.961. The molecule has 0 aromatic heterocycles. The third-order valence-corrected chi connectivity index (χ3v) is 2.10. The topological polar surface area (TPSA) is 47.6 Å². The third-order valence-electron chi connectivity index (χ3n) is 1.76. The van der Waals surface area contributed by atoms with Crippen LogP contribution in [0.15, 0.2) is 42.0 Å². The molecular weight excluding hydrogens is 227 g/mol. The van der Waals surface area contributed by atoms with Crippen molar-refractivity contribution in [2.45, 2.75) is 0 Å². The Labute approximate surface area is 97.5 Å². The molecule has 0 aliphatic heterocycles. The van der Waals surface area contributed by atoms with E-state index in [1.54, 1.807) is 12.1 Å². The minimum absolute atomic E-state index is 0.0414. The Morgan fingerprint density at radius 1 is 1.12 bits per heavy atom. The van der Waals surface area contributed by atoms with Crippen LogP contribution in [0.5, 0.6) is 0 Å². The van der Waals surface area contributed by atoms with Crippen LogP contribution in [0.2, 0.25) is 0 Å². The van der Waals surface area contributed by atoms with Crippen LogP contribution >= 0.6 is 11.6 Å². The highest BCUT2D eigenvalue weighted by molar-refractivity contribution is 6.48. The summed E-state index contributed by atoms with van der Waals surface area (Å²) in [4.78, 5) is 0. The van der Waals surface area contributed by atoms with Gasteiger partial charge in [0, 0.05) is 5.03 Å². The Morgan fingerprint density at radius 3 is 2.19 bits per heavy atom. The lowest BCUT2D eigenvalue weighted by Gasteiger charge is -1.97. The Bertz CT molecular complexity index is 499. The molecule has 1 aromatic rings. The molecule has 1 aromatic carbocycles. The maximum Gasteiger partial charge on any atom is 0.129 e. The predicted octanol–water partition coefficient (Wildman–Crippen LogP) is 3.38. The van der Waals surface area contributed by atoms with Gasteiger partial charge in [0.25, 0.3) is 0 Å². The van der Waals surface area contributed by atoms with Gasteiger partial charge in [0.2, 0.25) is 0 Å². The summed E-state index contributed by atoms with van der Waals surface area (Å²) in [5.41, 5.74) is 0.579. The van der Waals surface area contributed by atoms with Crippen molar-refractivity contribution in [2.24, 2.45) is 0 Å². The fourth-order valence-corrected chi connectivity index (χ4v) is 1.15. The molecule has 78 valence electrons. The summed E-state index contributed by atoms with van der Waals surface area (Å²) in [6, 6.07) is 9.00. The largest absolute Gasteiger partial charge is 0.207 e. The highest BCUT2D eigenvalue weighted by atomic mass is 35.5. The molecule has 0 aliphatic rings. The molecule has 1 rings (SSSR count). The summed E-state index contributed by atoms with van der Waals surface area (Å²) in [6.45, 7) is 0. The number of nitriles is 2. The lowest BCUT2D eigenvalue weighted by Crippen LogP contribution is -1.78. The molecule has 0 saturated heterocycles. The highest BCUT2D eigenvalue weighted by Crippen LogP contribution is 2.19. The summed E-state index contributed by atoms with van der Waals surface area (Å²) in [7, 11) is 0. The van der Waals surface area contributed by atoms with E-state index >= 15 is 0 Å². The standard InChI is InChI=1S/C12H6ClFN2/c13-12(6-1-9(7-15)8-16)10-2-4-11(14)5-3-10/h1-6H. The maximum atomic E-state index is 12.6. The smallest absolute Gasteiger partial charge is 0.129 e. The summed E-state index contributed by atoms with van der Waals surface area (Å²) < 4.78 is 12.6. The van der Waals surface area contributed by atoms with Crippen LogP contribution in [0.3, 0.4) is 0 Å². The molecule has 0 amide bonds. The third kappa shape index (κ3) is 3.24. The van der Waals surface area contributed by atoms with Crippen LogP contribution in [-0.4, -0.2) is 0 Å². The van der Waals surface area contributed by atoms with Gasteiger partial charge in [-0.25, -0.2) is 4.39 Å². The average Bonchev–Trinajstić information content (AvgIpc) is 2.31. The molecule has 2 nitrogen and oxygen atoms in total. The molecular formula is C12H6ClFN2. The van der Waals surface area contributed by atoms with Crippen LogP contribution in [0.25, 0.3) is 5.03 Å². The quantitative estimate of drug-likeness (QED) is 0.580. The molecule has 0 unspecified atom stereocenters. The molecule has 4 heteroatoms. The Hall–Kier alpha value is -2.10. The molecule has 0 aliphatic carbocycles. The monoisotopic (exact) mass is 232 g/mol. The molecule has 0 atom stereocenters. The van der Waals surface area contributed by atoms with Crippen molar-refractivity contribution < 1.29 is 4.39 Å². The van der Waals surface area contributed by atoms with Gasteiger partial charge in [-0.3, -0.25) is 0 Å². The van der Waals surface area contributed by atoms with Crippen molar-refractivity contribution in [2.75, 3.05) is 0 Å². The lowest BCUT2D eigenvalue weighted by molar-refractivity contribution is 0.627. The first kappa shape index (κ1) is 12.0.